The summed E-state index contributed by atoms with van der Waals surface area (Å²) in [6, 6.07) is 6.63. The summed E-state index contributed by atoms with van der Waals surface area (Å²) in [6.07, 6.45) is 5.90. The number of benzene rings is 1. The maximum atomic E-state index is 5.64. The summed E-state index contributed by atoms with van der Waals surface area (Å²) >= 11 is 0. The molecule has 0 radical (unpaired) electrons. The number of anilines is 1. The Morgan fingerprint density at radius 3 is 2.70 bits per heavy atom. The van der Waals surface area contributed by atoms with Crippen LogP contribution in [0.25, 0.3) is 11.1 Å². The summed E-state index contributed by atoms with van der Waals surface area (Å²) in [7, 11) is 0. The molecule has 0 bridgehead atoms. The van der Waals surface area contributed by atoms with Gasteiger partial charge in [0, 0.05) is 24.0 Å². The molecule has 0 unspecified atom stereocenters. The van der Waals surface area contributed by atoms with Crippen LogP contribution in [0.5, 0.6) is 5.75 Å². The highest BCUT2D eigenvalue weighted by Crippen LogP contribution is 2.29. The molecule has 0 atom stereocenters. The standard InChI is InChI=1S/C16H19N3O/c1-11(2)19-16-17-9-14(10-18-16)12-5-6-15-13(8-12)4-3-7-20-15/h5-6,8-11H,3-4,7H2,1-2H3,(H,17,18,19). The van der Waals surface area contributed by atoms with Crippen molar-refractivity contribution in [1.29, 1.82) is 0 Å². The van der Waals surface area contributed by atoms with Gasteiger partial charge in [0.2, 0.25) is 5.95 Å². The van der Waals surface area contributed by atoms with Gasteiger partial charge >= 0.3 is 0 Å². The van der Waals surface area contributed by atoms with E-state index in [1.807, 2.05) is 18.5 Å². The van der Waals surface area contributed by atoms with Crippen molar-refractivity contribution in [3.63, 3.8) is 0 Å². The number of nitrogens with one attached hydrogen (secondary N) is 1. The van der Waals surface area contributed by atoms with E-state index in [1.165, 1.54) is 5.56 Å². The van der Waals surface area contributed by atoms with Gasteiger partial charge in [-0.05, 0) is 49.9 Å². The Morgan fingerprint density at radius 2 is 1.95 bits per heavy atom. The number of aryl methyl sites for hydroxylation is 1. The third-order valence-electron chi connectivity index (χ3n) is 3.31. The van der Waals surface area contributed by atoms with Crippen LogP contribution in [0.2, 0.25) is 0 Å². The molecule has 1 aromatic carbocycles. The molecule has 1 aliphatic rings. The van der Waals surface area contributed by atoms with E-state index in [4.69, 9.17) is 4.74 Å². The van der Waals surface area contributed by atoms with E-state index in [2.05, 4.69) is 41.3 Å². The maximum absolute atomic E-state index is 5.64. The summed E-state index contributed by atoms with van der Waals surface area (Å²) in [6.45, 7) is 4.96. The fourth-order valence-corrected chi connectivity index (χ4v) is 2.35. The van der Waals surface area contributed by atoms with Gasteiger partial charge in [-0.25, -0.2) is 9.97 Å². The molecule has 20 heavy (non-hydrogen) atoms. The van der Waals surface area contributed by atoms with Gasteiger partial charge in [-0.3, -0.25) is 0 Å². The van der Waals surface area contributed by atoms with E-state index in [1.54, 1.807) is 0 Å². The zero-order valence-electron chi connectivity index (χ0n) is 11.9. The fraction of sp³-hybridized carbons (Fsp3) is 0.375. The smallest absolute Gasteiger partial charge is 0.222 e. The molecule has 2 aromatic rings. The molecule has 2 heterocycles. The molecule has 0 saturated heterocycles. The summed E-state index contributed by atoms with van der Waals surface area (Å²) in [4.78, 5) is 8.71. The molecule has 0 amide bonds. The molecule has 1 aliphatic heterocycles. The number of fused-ring (bicyclic) bond motifs is 1. The molecule has 4 heteroatoms. The molecule has 0 aliphatic carbocycles. The maximum Gasteiger partial charge on any atom is 0.222 e. The third kappa shape index (κ3) is 2.74. The van der Waals surface area contributed by atoms with Crippen LogP contribution in [0.4, 0.5) is 5.95 Å². The predicted molar refractivity (Wildman–Crippen MR) is 80.0 cm³/mol. The third-order valence-corrected chi connectivity index (χ3v) is 3.31. The minimum Gasteiger partial charge on any atom is -0.493 e. The van der Waals surface area contributed by atoms with Crippen LogP contribution in [0, 0.1) is 0 Å². The van der Waals surface area contributed by atoms with E-state index in [9.17, 15) is 0 Å². The second-order valence-electron chi connectivity index (χ2n) is 5.37. The number of nitrogens with zero attached hydrogens (tertiary/aromatic N) is 2. The molecule has 0 saturated carbocycles. The second-order valence-corrected chi connectivity index (χ2v) is 5.37. The Hall–Kier alpha value is -2.10. The number of hydrogen-bond acceptors (Lipinski definition) is 4. The van der Waals surface area contributed by atoms with E-state index in [0.717, 1.165) is 36.3 Å². The lowest BCUT2D eigenvalue weighted by atomic mass is 10.0. The Bertz CT molecular complexity index is 593. The fourth-order valence-electron chi connectivity index (χ4n) is 2.35. The van der Waals surface area contributed by atoms with Crippen molar-refractivity contribution >= 4 is 5.95 Å². The van der Waals surface area contributed by atoms with Crippen molar-refractivity contribution in [3.8, 4) is 16.9 Å². The molecule has 0 fully saturated rings. The Labute approximate surface area is 119 Å². The van der Waals surface area contributed by atoms with Crippen molar-refractivity contribution in [1.82, 2.24) is 9.97 Å². The van der Waals surface area contributed by atoms with Gasteiger partial charge in [0.05, 0.1) is 6.61 Å². The van der Waals surface area contributed by atoms with Crippen LogP contribution in [0.1, 0.15) is 25.8 Å². The van der Waals surface area contributed by atoms with Crippen molar-refractivity contribution < 1.29 is 4.74 Å². The number of aromatic nitrogens is 2. The average Bonchev–Trinajstić information content (AvgIpc) is 2.47. The molecule has 104 valence electrons. The first-order valence-corrected chi connectivity index (χ1v) is 7.07. The van der Waals surface area contributed by atoms with E-state index < -0.39 is 0 Å². The first kappa shape index (κ1) is 12.9. The van der Waals surface area contributed by atoms with Crippen LogP contribution in [-0.4, -0.2) is 22.6 Å². The lowest BCUT2D eigenvalue weighted by Gasteiger charge is -2.17. The average molecular weight is 269 g/mol. The summed E-state index contributed by atoms with van der Waals surface area (Å²) in [5, 5.41) is 3.19. The lowest BCUT2D eigenvalue weighted by molar-refractivity contribution is 0.288. The molecule has 4 nitrogen and oxygen atoms in total. The highest BCUT2D eigenvalue weighted by atomic mass is 16.5. The Balaban J connectivity index is 1.85. The Morgan fingerprint density at radius 1 is 1.15 bits per heavy atom. The van der Waals surface area contributed by atoms with Gasteiger partial charge in [0.25, 0.3) is 0 Å². The number of rotatable bonds is 3. The van der Waals surface area contributed by atoms with Gasteiger partial charge in [-0.2, -0.15) is 0 Å². The number of hydrogen-bond donors (Lipinski definition) is 1. The van der Waals surface area contributed by atoms with Crippen molar-refractivity contribution in [3.05, 3.63) is 36.2 Å². The van der Waals surface area contributed by atoms with E-state index in [0.29, 0.717) is 12.0 Å². The topological polar surface area (TPSA) is 47.0 Å². The summed E-state index contributed by atoms with van der Waals surface area (Å²) in [5.41, 5.74) is 3.45. The highest BCUT2D eigenvalue weighted by Gasteiger charge is 2.11. The van der Waals surface area contributed by atoms with Gasteiger partial charge in [-0.15, -0.1) is 0 Å². The predicted octanol–water partition coefficient (Wildman–Crippen LogP) is 3.29. The normalized spacial score (nSPS) is 13.8. The van der Waals surface area contributed by atoms with Crippen LogP contribution < -0.4 is 10.1 Å². The van der Waals surface area contributed by atoms with E-state index >= 15 is 0 Å². The summed E-state index contributed by atoms with van der Waals surface area (Å²) < 4.78 is 5.64. The monoisotopic (exact) mass is 269 g/mol. The molecule has 3 rings (SSSR count). The molecular weight excluding hydrogens is 250 g/mol. The Kier molecular flexibility index (Phi) is 3.54. The van der Waals surface area contributed by atoms with Crippen molar-refractivity contribution in [2.45, 2.75) is 32.7 Å². The zero-order chi connectivity index (χ0) is 13.9. The number of ether oxygens (including phenoxy) is 1. The molecule has 1 N–H and O–H groups in total. The van der Waals surface area contributed by atoms with E-state index in [-0.39, 0.29) is 0 Å². The molecule has 1 aromatic heterocycles. The summed E-state index contributed by atoms with van der Waals surface area (Å²) in [5.74, 6) is 1.68. The first-order valence-electron chi connectivity index (χ1n) is 7.07. The molecular formula is C16H19N3O. The largest absolute Gasteiger partial charge is 0.493 e. The quantitative estimate of drug-likeness (QED) is 0.928. The SMILES string of the molecule is CC(C)Nc1ncc(-c2ccc3c(c2)CCCO3)cn1. The minimum absolute atomic E-state index is 0.335. The minimum atomic E-state index is 0.335. The van der Waals surface area contributed by atoms with Crippen molar-refractivity contribution in [2.24, 2.45) is 0 Å². The zero-order valence-corrected chi connectivity index (χ0v) is 11.9. The highest BCUT2D eigenvalue weighted by molar-refractivity contribution is 5.64. The lowest BCUT2D eigenvalue weighted by Crippen LogP contribution is -2.12. The van der Waals surface area contributed by atoms with Gasteiger partial charge < -0.3 is 10.1 Å². The van der Waals surface area contributed by atoms with Crippen LogP contribution in [0.15, 0.2) is 30.6 Å². The van der Waals surface area contributed by atoms with Gasteiger partial charge in [0.1, 0.15) is 5.75 Å². The van der Waals surface area contributed by atoms with Gasteiger partial charge in [0.15, 0.2) is 0 Å². The van der Waals surface area contributed by atoms with Crippen molar-refractivity contribution in [2.75, 3.05) is 11.9 Å². The van der Waals surface area contributed by atoms with Crippen LogP contribution in [-0.2, 0) is 6.42 Å². The van der Waals surface area contributed by atoms with Gasteiger partial charge in [-0.1, -0.05) is 6.07 Å². The second kappa shape index (κ2) is 5.49. The first-order chi connectivity index (χ1) is 9.72. The van der Waals surface area contributed by atoms with Crippen LogP contribution >= 0.6 is 0 Å². The van der Waals surface area contributed by atoms with Crippen LogP contribution in [0.3, 0.4) is 0 Å². The molecule has 0 spiro atoms.